The first-order valence-electron chi connectivity index (χ1n) is 4.10. The van der Waals surface area contributed by atoms with Gasteiger partial charge in [-0.05, 0) is 12.1 Å². The Kier molecular flexibility index (Phi) is 2.20. The van der Waals surface area contributed by atoms with E-state index < -0.39 is 23.5 Å². The molecular formula is C9H7FO5. The van der Waals surface area contributed by atoms with Crippen LogP contribution in [0.4, 0.5) is 4.39 Å². The number of fused-ring (bicyclic) bond motifs is 1. The Balaban J connectivity index is 2.54. The number of aliphatic hydroxyl groups is 1. The van der Waals surface area contributed by atoms with Gasteiger partial charge in [-0.15, -0.1) is 0 Å². The Morgan fingerprint density at radius 3 is 2.87 bits per heavy atom. The van der Waals surface area contributed by atoms with Crippen molar-refractivity contribution in [3.8, 4) is 11.5 Å². The molecule has 2 N–H and O–H groups in total. The van der Waals surface area contributed by atoms with Gasteiger partial charge in [0.05, 0.1) is 5.56 Å². The second-order valence-electron chi connectivity index (χ2n) is 2.94. The molecule has 80 valence electrons. The van der Waals surface area contributed by atoms with Gasteiger partial charge in [0.25, 0.3) is 0 Å². The lowest BCUT2D eigenvalue weighted by atomic mass is 10.1. The average molecular weight is 214 g/mol. The molecule has 15 heavy (non-hydrogen) atoms. The molecule has 2 rings (SSSR count). The van der Waals surface area contributed by atoms with Crippen molar-refractivity contribution in [2.24, 2.45) is 0 Å². The van der Waals surface area contributed by atoms with E-state index in [1.54, 1.807) is 0 Å². The third-order valence-corrected chi connectivity index (χ3v) is 2.03. The zero-order chi connectivity index (χ0) is 11.0. The number of aliphatic carboxylic acids is 1. The predicted octanol–water partition coefficient (Wildman–Crippen LogP) is 0.672. The molecule has 0 fully saturated rings. The number of hydrogen-bond acceptors (Lipinski definition) is 4. The van der Waals surface area contributed by atoms with E-state index in [-0.39, 0.29) is 18.3 Å². The van der Waals surface area contributed by atoms with Crippen molar-refractivity contribution in [2.75, 3.05) is 6.79 Å². The Bertz CT molecular complexity index is 417. The predicted molar refractivity (Wildman–Crippen MR) is 45.1 cm³/mol. The molecule has 1 aromatic rings. The second-order valence-corrected chi connectivity index (χ2v) is 2.94. The summed E-state index contributed by atoms with van der Waals surface area (Å²) in [7, 11) is 0. The van der Waals surface area contributed by atoms with E-state index in [0.717, 1.165) is 6.07 Å². The fraction of sp³-hybridized carbons (Fsp3) is 0.222. The first-order chi connectivity index (χ1) is 7.11. The quantitative estimate of drug-likeness (QED) is 0.756. The lowest BCUT2D eigenvalue weighted by molar-refractivity contribution is -0.147. The number of carboxylic acids is 1. The molecule has 1 aliphatic heterocycles. The van der Waals surface area contributed by atoms with Gasteiger partial charge in [-0.25, -0.2) is 9.18 Å². The lowest BCUT2D eigenvalue weighted by Gasteiger charge is -2.09. The topological polar surface area (TPSA) is 76.0 Å². The molecule has 1 aliphatic rings. The molecule has 0 aromatic heterocycles. The van der Waals surface area contributed by atoms with Crippen molar-refractivity contribution in [2.45, 2.75) is 6.10 Å². The Hall–Kier alpha value is -1.82. The van der Waals surface area contributed by atoms with Crippen molar-refractivity contribution < 1.29 is 28.9 Å². The molecule has 5 nitrogen and oxygen atoms in total. The van der Waals surface area contributed by atoms with E-state index in [9.17, 15) is 14.3 Å². The van der Waals surface area contributed by atoms with Crippen LogP contribution in [-0.4, -0.2) is 23.0 Å². The summed E-state index contributed by atoms with van der Waals surface area (Å²) < 4.78 is 23.1. The summed E-state index contributed by atoms with van der Waals surface area (Å²) >= 11 is 0. The minimum Gasteiger partial charge on any atom is -0.479 e. The highest BCUT2D eigenvalue weighted by Crippen LogP contribution is 2.40. The minimum absolute atomic E-state index is 0.0510. The summed E-state index contributed by atoms with van der Waals surface area (Å²) in [5.74, 6) is -2.21. The van der Waals surface area contributed by atoms with Crippen molar-refractivity contribution >= 4 is 5.97 Å². The number of halogens is 1. The zero-order valence-corrected chi connectivity index (χ0v) is 7.44. The maximum atomic E-state index is 13.3. The van der Waals surface area contributed by atoms with Crippen LogP contribution >= 0.6 is 0 Å². The van der Waals surface area contributed by atoms with E-state index in [2.05, 4.69) is 0 Å². The van der Waals surface area contributed by atoms with Gasteiger partial charge in [0, 0.05) is 0 Å². The van der Waals surface area contributed by atoms with Crippen LogP contribution < -0.4 is 9.47 Å². The molecule has 1 heterocycles. The molecule has 0 aliphatic carbocycles. The van der Waals surface area contributed by atoms with Gasteiger partial charge in [-0.3, -0.25) is 0 Å². The Labute approximate surface area is 83.7 Å². The number of carboxylic acid groups (broad SMARTS) is 1. The summed E-state index contributed by atoms with van der Waals surface area (Å²) in [4.78, 5) is 10.5. The average Bonchev–Trinajstić information content (AvgIpc) is 2.64. The van der Waals surface area contributed by atoms with E-state index in [4.69, 9.17) is 14.6 Å². The number of ether oxygens (including phenoxy) is 2. The standard InChI is InChI=1S/C9H7FO5/c10-4-1-2-5-8(15-3-14-5)6(4)7(11)9(12)13/h1-2,7,11H,3H2,(H,12,13). The maximum absolute atomic E-state index is 13.3. The third kappa shape index (κ3) is 1.48. The lowest BCUT2D eigenvalue weighted by Crippen LogP contribution is -2.13. The molecule has 1 unspecified atom stereocenters. The van der Waals surface area contributed by atoms with Crippen LogP contribution in [0, 0.1) is 5.82 Å². The highest BCUT2D eigenvalue weighted by Gasteiger charge is 2.29. The van der Waals surface area contributed by atoms with Crippen LogP contribution in [0.25, 0.3) is 0 Å². The van der Waals surface area contributed by atoms with Crippen molar-refractivity contribution in [3.63, 3.8) is 0 Å². The van der Waals surface area contributed by atoms with Crippen LogP contribution in [-0.2, 0) is 4.79 Å². The van der Waals surface area contributed by atoms with Crippen molar-refractivity contribution in [3.05, 3.63) is 23.5 Å². The fourth-order valence-corrected chi connectivity index (χ4v) is 1.35. The van der Waals surface area contributed by atoms with Gasteiger partial charge in [0.15, 0.2) is 17.6 Å². The Morgan fingerprint density at radius 2 is 2.20 bits per heavy atom. The molecule has 0 saturated heterocycles. The summed E-state index contributed by atoms with van der Waals surface area (Å²) in [5.41, 5.74) is -0.405. The van der Waals surface area contributed by atoms with Crippen LogP contribution in [0.15, 0.2) is 12.1 Å². The summed E-state index contributed by atoms with van der Waals surface area (Å²) in [6, 6.07) is 2.34. The first kappa shape index (κ1) is 9.72. The SMILES string of the molecule is O=C(O)C(O)c1c(F)ccc2c1OCO2. The molecule has 0 saturated carbocycles. The summed E-state index contributed by atoms with van der Waals surface area (Å²) in [6.07, 6.45) is -1.96. The normalized spacial score (nSPS) is 15.1. The van der Waals surface area contributed by atoms with Gasteiger partial charge in [0.2, 0.25) is 6.79 Å². The molecule has 0 spiro atoms. The van der Waals surface area contributed by atoms with Gasteiger partial charge >= 0.3 is 5.97 Å². The van der Waals surface area contributed by atoms with Gasteiger partial charge in [-0.2, -0.15) is 0 Å². The van der Waals surface area contributed by atoms with E-state index in [0.29, 0.717) is 0 Å². The van der Waals surface area contributed by atoms with Gasteiger partial charge in [0.1, 0.15) is 5.82 Å². The first-order valence-corrected chi connectivity index (χ1v) is 4.10. The van der Waals surface area contributed by atoms with Crippen LogP contribution in [0.5, 0.6) is 11.5 Å². The minimum atomic E-state index is -1.96. The van der Waals surface area contributed by atoms with Crippen LogP contribution in [0.2, 0.25) is 0 Å². The summed E-state index contributed by atoms with van der Waals surface area (Å²) in [6.45, 7) is -0.113. The Morgan fingerprint density at radius 1 is 1.47 bits per heavy atom. The number of benzene rings is 1. The maximum Gasteiger partial charge on any atom is 0.337 e. The largest absolute Gasteiger partial charge is 0.479 e. The van der Waals surface area contributed by atoms with Gasteiger partial charge < -0.3 is 19.7 Å². The highest BCUT2D eigenvalue weighted by molar-refractivity contribution is 5.76. The third-order valence-electron chi connectivity index (χ3n) is 2.03. The molecule has 6 heteroatoms. The number of hydrogen-bond donors (Lipinski definition) is 2. The smallest absolute Gasteiger partial charge is 0.337 e. The zero-order valence-electron chi connectivity index (χ0n) is 7.44. The molecule has 1 aromatic carbocycles. The van der Waals surface area contributed by atoms with Crippen LogP contribution in [0.3, 0.4) is 0 Å². The molecule has 0 bridgehead atoms. The van der Waals surface area contributed by atoms with Crippen LogP contribution in [0.1, 0.15) is 11.7 Å². The highest BCUT2D eigenvalue weighted by atomic mass is 19.1. The number of carbonyl (C=O) groups is 1. The van der Waals surface area contributed by atoms with Gasteiger partial charge in [-0.1, -0.05) is 0 Å². The fourth-order valence-electron chi connectivity index (χ4n) is 1.35. The second kappa shape index (κ2) is 3.39. The van der Waals surface area contributed by atoms with E-state index in [1.807, 2.05) is 0 Å². The molecule has 0 amide bonds. The number of rotatable bonds is 2. The van der Waals surface area contributed by atoms with Crippen molar-refractivity contribution in [1.29, 1.82) is 0 Å². The van der Waals surface area contributed by atoms with E-state index >= 15 is 0 Å². The van der Waals surface area contributed by atoms with E-state index in [1.165, 1.54) is 6.07 Å². The molecule has 1 atom stereocenters. The summed E-state index contributed by atoms with van der Waals surface area (Å²) in [5, 5.41) is 17.8. The monoisotopic (exact) mass is 214 g/mol. The number of aliphatic hydroxyl groups excluding tert-OH is 1. The molecule has 0 radical (unpaired) electrons. The molecular weight excluding hydrogens is 207 g/mol. The van der Waals surface area contributed by atoms with Crippen molar-refractivity contribution in [1.82, 2.24) is 0 Å².